The normalized spacial score (nSPS) is 13.0. The second-order valence-corrected chi connectivity index (χ2v) is 2.32. The average Bonchev–Trinajstić information content (AvgIpc) is 2.34. The van der Waals surface area contributed by atoms with Gasteiger partial charge in [-0.3, -0.25) is 0 Å². The summed E-state index contributed by atoms with van der Waals surface area (Å²) in [5.41, 5.74) is 0. The molecule has 0 bridgehead atoms. The van der Waals surface area contributed by atoms with Crippen LogP contribution in [0.15, 0.2) is 12.4 Å². The van der Waals surface area contributed by atoms with Crippen LogP contribution in [-0.4, -0.2) is 15.8 Å². The third-order valence-corrected chi connectivity index (χ3v) is 1.47. The van der Waals surface area contributed by atoms with E-state index in [1.54, 1.807) is 6.20 Å². The summed E-state index contributed by atoms with van der Waals surface area (Å²) >= 11 is 0. The van der Waals surface area contributed by atoms with Crippen LogP contribution < -0.4 is 0 Å². The zero-order valence-electron chi connectivity index (χ0n) is 6.11. The van der Waals surface area contributed by atoms with Gasteiger partial charge >= 0.3 is 0 Å². The molecule has 1 unspecified atom stereocenters. The second kappa shape index (κ2) is 2.64. The van der Waals surface area contributed by atoms with Crippen LogP contribution in [0.5, 0.6) is 0 Å². The molecule has 0 radical (unpaired) electrons. The van der Waals surface area contributed by atoms with E-state index in [2.05, 4.69) is 4.98 Å². The van der Waals surface area contributed by atoms with Crippen molar-refractivity contribution in [3.63, 3.8) is 0 Å². The molecule has 0 spiro atoms. The molecule has 0 saturated heterocycles. The van der Waals surface area contributed by atoms with E-state index < -0.39 is 0 Å². The Morgan fingerprint density at radius 2 is 2.50 bits per heavy atom. The van der Waals surface area contributed by atoms with Crippen molar-refractivity contribution in [2.45, 2.75) is 12.8 Å². The first-order valence-electron chi connectivity index (χ1n) is 3.18. The largest absolute Gasteiger partial charge is 0.337 e. The lowest BCUT2D eigenvalue weighted by Crippen LogP contribution is -2.02. The van der Waals surface area contributed by atoms with E-state index in [-0.39, 0.29) is 5.92 Å². The lowest BCUT2D eigenvalue weighted by Gasteiger charge is -2.01. The fraction of sp³-hybridized carbons (Fsp3) is 0.429. The van der Waals surface area contributed by atoms with Crippen molar-refractivity contribution in [1.29, 1.82) is 0 Å². The topological polar surface area (TPSA) is 34.9 Å². The lowest BCUT2D eigenvalue weighted by atomic mass is 10.2. The molecule has 0 aliphatic heterocycles. The van der Waals surface area contributed by atoms with Crippen molar-refractivity contribution >= 4 is 6.29 Å². The van der Waals surface area contributed by atoms with Crippen LogP contribution in [0.25, 0.3) is 0 Å². The van der Waals surface area contributed by atoms with Crippen LogP contribution in [0.4, 0.5) is 0 Å². The molecule has 0 aliphatic carbocycles. The molecule has 3 heteroatoms. The Bertz CT molecular complexity index is 229. The number of carbonyl (C=O) groups is 1. The number of hydrogen-bond acceptors (Lipinski definition) is 2. The number of rotatable bonds is 2. The minimum Gasteiger partial charge on any atom is -0.337 e. The van der Waals surface area contributed by atoms with Gasteiger partial charge in [-0.25, -0.2) is 4.98 Å². The quantitative estimate of drug-likeness (QED) is 0.564. The van der Waals surface area contributed by atoms with E-state index >= 15 is 0 Å². The predicted octanol–water partition coefficient (Wildman–Crippen LogP) is 0.722. The Labute approximate surface area is 59.7 Å². The standard InChI is InChI=1S/C7H10N2O/c1-6(5-10)7-8-3-4-9(7)2/h3-6H,1-2H3. The fourth-order valence-electron chi connectivity index (χ4n) is 0.877. The Hall–Kier alpha value is -1.12. The summed E-state index contributed by atoms with van der Waals surface area (Å²) in [4.78, 5) is 14.3. The molecule has 1 rings (SSSR count). The van der Waals surface area contributed by atoms with E-state index in [9.17, 15) is 4.79 Å². The summed E-state index contributed by atoms with van der Waals surface area (Å²) in [6, 6.07) is 0. The predicted molar refractivity (Wildman–Crippen MR) is 37.7 cm³/mol. The smallest absolute Gasteiger partial charge is 0.130 e. The maximum Gasteiger partial charge on any atom is 0.130 e. The molecule has 0 fully saturated rings. The van der Waals surface area contributed by atoms with Gasteiger partial charge in [-0.1, -0.05) is 0 Å². The highest BCUT2D eigenvalue weighted by molar-refractivity contribution is 5.59. The Balaban J connectivity index is 2.92. The monoisotopic (exact) mass is 138 g/mol. The van der Waals surface area contributed by atoms with Crippen molar-refractivity contribution in [3.8, 4) is 0 Å². The van der Waals surface area contributed by atoms with Crippen LogP contribution in [-0.2, 0) is 11.8 Å². The maximum atomic E-state index is 10.3. The van der Waals surface area contributed by atoms with Gasteiger partial charge in [0, 0.05) is 19.4 Å². The van der Waals surface area contributed by atoms with Gasteiger partial charge in [0.15, 0.2) is 0 Å². The molecule has 10 heavy (non-hydrogen) atoms. The molecule has 0 aliphatic rings. The first-order valence-corrected chi connectivity index (χ1v) is 3.18. The third kappa shape index (κ3) is 1.07. The van der Waals surface area contributed by atoms with Crippen LogP contribution in [0, 0.1) is 0 Å². The van der Waals surface area contributed by atoms with Crippen LogP contribution in [0.3, 0.4) is 0 Å². The number of hydrogen-bond donors (Lipinski definition) is 0. The van der Waals surface area contributed by atoms with Crippen LogP contribution in [0.2, 0.25) is 0 Å². The van der Waals surface area contributed by atoms with Crippen molar-refractivity contribution in [2.75, 3.05) is 0 Å². The van der Waals surface area contributed by atoms with Gasteiger partial charge in [0.25, 0.3) is 0 Å². The molecule has 0 N–H and O–H groups in total. The first kappa shape index (κ1) is 6.99. The molecule has 3 nitrogen and oxygen atoms in total. The summed E-state index contributed by atoms with van der Waals surface area (Å²) in [7, 11) is 1.88. The second-order valence-electron chi connectivity index (χ2n) is 2.32. The van der Waals surface area contributed by atoms with E-state index in [0.29, 0.717) is 0 Å². The SMILES string of the molecule is CC(C=O)c1nccn1C. The van der Waals surface area contributed by atoms with E-state index in [0.717, 1.165) is 12.1 Å². The maximum absolute atomic E-state index is 10.3. The summed E-state index contributed by atoms with van der Waals surface area (Å²) < 4.78 is 1.85. The van der Waals surface area contributed by atoms with Gasteiger partial charge in [-0.05, 0) is 6.92 Å². The summed E-state index contributed by atoms with van der Waals surface area (Å²) in [6.45, 7) is 1.83. The highest BCUT2D eigenvalue weighted by Gasteiger charge is 2.06. The molecule has 0 saturated carbocycles. The minimum absolute atomic E-state index is 0.0972. The van der Waals surface area contributed by atoms with Crippen LogP contribution >= 0.6 is 0 Å². The van der Waals surface area contributed by atoms with Crippen molar-refractivity contribution < 1.29 is 4.79 Å². The van der Waals surface area contributed by atoms with Gasteiger partial charge in [-0.15, -0.1) is 0 Å². The van der Waals surface area contributed by atoms with Gasteiger partial charge < -0.3 is 9.36 Å². The molecule has 1 atom stereocenters. The molecule has 0 aromatic carbocycles. The average molecular weight is 138 g/mol. The van der Waals surface area contributed by atoms with Gasteiger partial charge in [0.2, 0.25) is 0 Å². The van der Waals surface area contributed by atoms with E-state index in [1.165, 1.54) is 0 Å². The minimum atomic E-state index is -0.0972. The summed E-state index contributed by atoms with van der Waals surface area (Å²) in [5.74, 6) is 0.718. The molecule has 1 aromatic heterocycles. The molecule has 0 amide bonds. The summed E-state index contributed by atoms with van der Waals surface area (Å²) in [6.07, 6.45) is 4.41. The number of aromatic nitrogens is 2. The van der Waals surface area contributed by atoms with Crippen molar-refractivity contribution in [2.24, 2.45) is 7.05 Å². The van der Waals surface area contributed by atoms with Crippen LogP contribution in [0.1, 0.15) is 18.7 Å². The number of aldehydes is 1. The number of aryl methyl sites for hydroxylation is 1. The summed E-state index contributed by atoms with van der Waals surface area (Å²) in [5, 5.41) is 0. The van der Waals surface area contributed by atoms with Gasteiger partial charge in [0.1, 0.15) is 12.1 Å². The van der Waals surface area contributed by atoms with Gasteiger partial charge in [-0.2, -0.15) is 0 Å². The molecular formula is C7H10N2O. The highest BCUT2D eigenvalue weighted by Crippen LogP contribution is 2.07. The first-order chi connectivity index (χ1) is 4.75. The zero-order chi connectivity index (χ0) is 7.56. The van der Waals surface area contributed by atoms with E-state index in [4.69, 9.17) is 0 Å². The Morgan fingerprint density at radius 1 is 1.80 bits per heavy atom. The lowest BCUT2D eigenvalue weighted by molar-refractivity contribution is -0.108. The van der Waals surface area contributed by atoms with Crippen molar-refractivity contribution in [3.05, 3.63) is 18.2 Å². The molecular weight excluding hydrogens is 128 g/mol. The highest BCUT2D eigenvalue weighted by atomic mass is 16.1. The molecule has 1 aromatic rings. The number of nitrogens with zero attached hydrogens (tertiary/aromatic N) is 2. The molecule has 1 heterocycles. The number of carbonyl (C=O) groups excluding carboxylic acids is 1. The third-order valence-electron chi connectivity index (χ3n) is 1.47. The fourth-order valence-corrected chi connectivity index (χ4v) is 0.877. The Morgan fingerprint density at radius 3 is 2.90 bits per heavy atom. The zero-order valence-corrected chi connectivity index (χ0v) is 6.11. The van der Waals surface area contributed by atoms with Gasteiger partial charge in [0.05, 0.1) is 5.92 Å². The van der Waals surface area contributed by atoms with E-state index in [1.807, 2.05) is 24.7 Å². The Kier molecular flexibility index (Phi) is 1.85. The number of imidazole rings is 1. The van der Waals surface area contributed by atoms with Crippen molar-refractivity contribution in [1.82, 2.24) is 9.55 Å². The molecule has 54 valence electrons.